The molecule has 0 radical (unpaired) electrons. The van der Waals surface area contributed by atoms with Crippen LogP contribution in [0.3, 0.4) is 0 Å². The number of aliphatic imine (C=N–C) groups is 1. The molecule has 1 unspecified atom stereocenters. The van der Waals surface area contributed by atoms with Crippen LogP contribution >= 0.6 is 0 Å². The van der Waals surface area contributed by atoms with Crippen LogP contribution in [0.2, 0.25) is 0 Å². The van der Waals surface area contributed by atoms with Gasteiger partial charge in [0.1, 0.15) is 0 Å². The Hall–Kier alpha value is -1.99. The van der Waals surface area contributed by atoms with Crippen LogP contribution in [0.1, 0.15) is 25.8 Å². The average Bonchev–Trinajstić information content (AvgIpc) is 3.02. The molecule has 25 heavy (non-hydrogen) atoms. The van der Waals surface area contributed by atoms with Crippen LogP contribution in [-0.2, 0) is 19.4 Å². The van der Waals surface area contributed by atoms with Crippen molar-refractivity contribution >= 4 is 33.2 Å². The molecule has 0 aromatic heterocycles. The van der Waals surface area contributed by atoms with Gasteiger partial charge < -0.3 is 10.1 Å². The third-order valence-electron chi connectivity index (χ3n) is 4.41. The molecule has 1 aromatic rings. The molecule has 2 aliphatic rings. The Morgan fingerprint density at radius 2 is 2.08 bits per heavy atom. The van der Waals surface area contributed by atoms with Gasteiger partial charge in [-0.2, -0.15) is 0 Å². The van der Waals surface area contributed by atoms with Gasteiger partial charge in [0.2, 0.25) is 0 Å². The summed E-state index contributed by atoms with van der Waals surface area (Å²) in [6.07, 6.45) is 5.41. The van der Waals surface area contributed by atoms with Crippen LogP contribution in [0.25, 0.3) is 5.57 Å². The molecule has 2 heterocycles. The third-order valence-corrected chi connectivity index (χ3v) is 5.52. The minimum atomic E-state index is -3.34. The zero-order chi connectivity index (χ0) is 18.2. The Balaban J connectivity index is 2.07. The molecule has 0 spiro atoms. The molecule has 2 aliphatic heterocycles. The van der Waals surface area contributed by atoms with Gasteiger partial charge in [-0.3, -0.25) is 4.79 Å². The molecule has 0 bridgehead atoms. The van der Waals surface area contributed by atoms with Crippen molar-refractivity contribution in [2.75, 3.05) is 24.8 Å². The van der Waals surface area contributed by atoms with E-state index >= 15 is 0 Å². The first-order chi connectivity index (χ1) is 11.7. The van der Waals surface area contributed by atoms with E-state index in [9.17, 15) is 13.2 Å². The monoisotopic (exact) mass is 362 g/mol. The minimum absolute atomic E-state index is 0.179. The fourth-order valence-electron chi connectivity index (χ4n) is 2.92. The largest absolute Gasteiger partial charge is 0.379 e. The van der Waals surface area contributed by atoms with Crippen molar-refractivity contribution in [1.82, 2.24) is 0 Å². The summed E-state index contributed by atoms with van der Waals surface area (Å²) in [5.41, 5.74) is 1.54. The molecule has 1 aromatic carbocycles. The van der Waals surface area contributed by atoms with Gasteiger partial charge in [-0.05, 0) is 44.0 Å². The van der Waals surface area contributed by atoms with E-state index in [1.165, 1.54) is 12.5 Å². The Morgan fingerprint density at radius 1 is 1.32 bits per heavy atom. The van der Waals surface area contributed by atoms with Crippen molar-refractivity contribution < 1.29 is 17.9 Å². The lowest BCUT2D eigenvalue weighted by molar-refractivity contribution is -0.123. The maximum Gasteiger partial charge on any atom is 0.255 e. The number of hydrogen-bond acceptors (Lipinski definition) is 5. The van der Waals surface area contributed by atoms with Gasteiger partial charge in [-0.25, -0.2) is 13.4 Å². The number of amides is 1. The molecule has 134 valence electrons. The number of benzene rings is 1. The van der Waals surface area contributed by atoms with Gasteiger partial charge >= 0.3 is 0 Å². The van der Waals surface area contributed by atoms with Crippen LogP contribution in [0.5, 0.6) is 0 Å². The molecule has 7 heteroatoms. The number of carbonyl (C=O) groups is 1. The lowest BCUT2D eigenvalue weighted by atomic mass is 9.86. The van der Waals surface area contributed by atoms with Crippen LogP contribution in [0.4, 0.5) is 5.69 Å². The fraction of sp³-hybridized carbons (Fsp3) is 0.444. The molecule has 1 atom stereocenters. The van der Waals surface area contributed by atoms with E-state index in [0.717, 1.165) is 23.2 Å². The van der Waals surface area contributed by atoms with Crippen molar-refractivity contribution in [2.45, 2.75) is 31.2 Å². The van der Waals surface area contributed by atoms with Crippen LogP contribution in [0.15, 0.2) is 34.2 Å². The number of carbonyl (C=O) groups excluding carboxylic acids is 1. The lowest BCUT2D eigenvalue weighted by Crippen LogP contribution is -2.24. The van der Waals surface area contributed by atoms with E-state index < -0.39 is 15.3 Å². The summed E-state index contributed by atoms with van der Waals surface area (Å²) in [5, 5.41) is 3.42. The molecule has 1 N–H and O–H groups in total. The molecular formula is C18H22N2O4S. The highest BCUT2D eigenvalue weighted by molar-refractivity contribution is 7.90. The van der Waals surface area contributed by atoms with Gasteiger partial charge in [0.15, 0.2) is 9.84 Å². The van der Waals surface area contributed by atoms with Gasteiger partial charge in [-0.1, -0.05) is 6.08 Å². The van der Waals surface area contributed by atoms with E-state index in [4.69, 9.17) is 4.74 Å². The van der Waals surface area contributed by atoms with Gasteiger partial charge in [-0.15, -0.1) is 0 Å². The maximum absolute atomic E-state index is 12.0. The van der Waals surface area contributed by atoms with Crippen LogP contribution in [0, 0.1) is 5.41 Å². The number of nitrogens with one attached hydrogen (secondary N) is 1. The summed E-state index contributed by atoms with van der Waals surface area (Å²) in [6.45, 7) is 4.92. The second-order valence-corrected chi connectivity index (χ2v) is 9.08. The van der Waals surface area contributed by atoms with Crippen LogP contribution in [-0.4, -0.2) is 46.1 Å². The Labute approximate surface area is 147 Å². The number of sulfone groups is 1. The molecule has 0 saturated carbocycles. The normalized spacial score (nSPS) is 22.8. The molecule has 3 rings (SSSR count). The number of ether oxygens (including phenoxy) is 1. The Morgan fingerprint density at radius 3 is 2.68 bits per heavy atom. The number of rotatable bonds is 4. The zero-order valence-corrected chi connectivity index (χ0v) is 15.4. The summed E-state index contributed by atoms with van der Waals surface area (Å²) in [4.78, 5) is 16.1. The van der Waals surface area contributed by atoms with E-state index in [-0.39, 0.29) is 16.8 Å². The SMILES string of the molecule is CC1(C)C=C(c2cc(S(C)(=O)=O)ccc2NC2CCOC2)C=NC1=O. The first-order valence-corrected chi connectivity index (χ1v) is 10.1. The molecule has 1 fully saturated rings. The summed E-state index contributed by atoms with van der Waals surface area (Å²) >= 11 is 0. The first-order valence-electron chi connectivity index (χ1n) is 8.17. The summed E-state index contributed by atoms with van der Waals surface area (Å²) in [7, 11) is -3.34. The second kappa shape index (κ2) is 6.38. The van der Waals surface area contributed by atoms with Crippen LogP contribution < -0.4 is 5.32 Å². The van der Waals surface area contributed by atoms with Crippen molar-refractivity contribution in [2.24, 2.45) is 10.4 Å². The number of dihydropyridines is 1. The topological polar surface area (TPSA) is 84.8 Å². The maximum atomic E-state index is 12.0. The standard InChI is InChI=1S/C18H22N2O4S/c1-18(2)9-12(10-19-17(18)21)15-8-14(25(3,22)23)4-5-16(15)20-13-6-7-24-11-13/h4-5,8-10,13,20H,6-7,11H2,1-3H3. The fourth-order valence-corrected chi connectivity index (χ4v) is 3.56. The van der Waals surface area contributed by atoms with Gasteiger partial charge in [0.05, 0.1) is 23.0 Å². The Kier molecular flexibility index (Phi) is 4.55. The van der Waals surface area contributed by atoms with Crippen molar-refractivity contribution in [3.63, 3.8) is 0 Å². The number of nitrogens with zero attached hydrogens (tertiary/aromatic N) is 1. The molecule has 1 amide bonds. The summed E-state index contributed by atoms with van der Waals surface area (Å²) in [6, 6.07) is 5.17. The number of hydrogen-bond donors (Lipinski definition) is 1. The highest BCUT2D eigenvalue weighted by Gasteiger charge is 2.29. The minimum Gasteiger partial charge on any atom is -0.379 e. The first kappa shape index (κ1) is 17.8. The summed E-state index contributed by atoms with van der Waals surface area (Å²) in [5.74, 6) is -0.214. The second-order valence-electron chi connectivity index (χ2n) is 7.07. The molecule has 1 saturated heterocycles. The molecular weight excluding hydrogens is 340 g/mol. The highest BCUT2D eigenvalue weighted by Crippen LogP contribution is 2.33. The van der Waals surface area contributed by atoms with Gasteiger partial charge in [0.25, 0.3) is 5.91 Å². The quantitative estimate of drug-likeness (QED) is 0.888. The van der Waals surface area contributed by atoms with E-state index in [1.807, 2.05) is 6.08 Å². The predicted octanol–water partition coefficient (Wildman–Crippen LogP) is 2.31. The Bertz CT molecular complexity index is 863. The smallest absolute Gasteiger partial charge is 0.255 e. The van der Waals surface area contributed by atoms with E-state index in [2.05, 4.69) is 10.3 Å². The van der Waals surface area contributed by atoms with E-state index in [0.29, 0.717) is 13.2 Å². The zero-order valence-electron chi connectivity index (χ0n) is 14.6. The van der Waals surface area contributed by atoms with E-state index in [1.54, 1.807) is 32.0 Å². The predicted molar refractivity (Wildman–Crippen MR) is 97.7 cm³/mol. The average molecular weight is 362 g/mol. The van der Waals surface area contributed by atoms with Crippen molar-refractivity contribution in [3.8, 4) is 0 Å². The molecule has 6 nitrogen and oxygen atoms in total. The summed E-state index contributed by atoms with van der Waals surface area (Å²) < 4.78 is 29.3. The van der Waals surface area contributed by atoms with Gasteiger partial charge in [0, 0.05) is 30.3 Å². The van der Waals surface area contributed by atoms with Crippen molar-refractivity contribution in [1.29, 1.82) is 0 Å². The molecule has 0 aliphatic carbocycles. The highest BCUT2D eigenvalue weighted by atomic mass is 32.2. The number of allylic oxidation sites excluding steroid dienone is 1. The van der Waals surface area contributed by atoms with Crippen molar-refractivity contribution in [3.05, 3.63) is 29.8 Å². The number of anilines is 1. The lowest BCUT2D eigenvalue weighted by Gasteiger charge is -2.23. The third kappa shape index (κ3) is 3.82.